The molecule has 0 spiro atoms. The molecule has 130 valence electrons. The molecule has 2 aromatic heterocycles. The van der Waals surface area contributed by atoms with Crippen molar-refractivity contribution in [1.82, 2.24) is 19.5 Å². The molecule has 0 saturated carbocycles. The van der Waals surface area contributed by atoms with Gasteiger partial charge < -0.3 is 0 Å². The predicted molar refractivity (Wildman–Crippen MR) is 81.0 cm³/mol. The Kier molecular flexibility index (Phi) is 4.05. The second kappa shape index (κ2) is 5.93. The lowest BCUT2D eigenvalue weighted by atomic mass is 10.3. The van der Waals surface area contributed by atoms with Gasteiger partial charge in [-0.2, -0.15) is 13.2 Å². The number of aromatic nitrogens is 4. The smallest absolute Gasteiger partial charge is 0.299 e. The van der Waals surface area contributed by atoms with E-state index < -0.39 is 21.9 Å². The van der Waals surface area contributed by atoms with Crippen LogP contribution in [0.2, 0.25) is 0 Å². The van der Waals surface area contributed by atoms with Crippen molar-refractivity contribution < 1.29 is 21.6 Å². The Morgan fingerprint density at radius 1 is 1.04 bits per heavy atom. The van der Waals surface area contributed by atoms with E-state index in [2.05, 4.69) is 15.0 Å². The van der Waals surface area contributed by atoms with Crippen LogP contribution in [0.3, 0.4) is 0 Å². The van der Waals surface area contributed by atoms with Crippen molar-refractivity contribution in [1.29, 1.82) is 0 Å². The van der Waals surface area contributed by atoms with Crippen LogP contribution in [0.25, 0.3) is 17.1 Å². The number of alkyl halides is 3. The number of hydrogen-bond donors (Lipinski definition) is 1. The Bertz CT molecular complexity index is 999. The number of imidazole rings is 1. The third-order valence-corrected chi connectivity index (χ3v) is 4.19. The molecule has 0 unspecified atom stereocenters. The van der Waals surface area contributed by atoms with Crippen LogP contribution in [-0.2, 0) is 16.2 Å². The van der Waals surface area contributed by atoms with Crippen LogP contribution in [-0.4, -0.2) is 27.9 Å². The summed E-state index contributed by atoms with van der Waals surface area (Å²) in [4.78, 5) is 11.0. The number of nitrogens with two attached hydrogens (primary N) is 1. The lowest BCUT2D eigenvalue weighted by Crippen LogP contribution is -2.12. The van der Waals surface area contributed by atoms with Crippen LogP contribution in [0, 0.1) is 0 Å². The predicted octanol–water partition coefficient (Wildman–Crippen LogP) is 2.00. The molecule has 0 bridgehead atoms. The number of halogens is 3. The summed E-state index contributed by atoms with van der Waals surface area (Å²) < 4.78 is 62.9. The summed E-state index contributed by atoms with van der Waals surface area (Å²) in [6, 6.07) is 5.05. The van der Waals surface area contributed by atoms with Gasteiger partial charge >= 0.3 is 6.18 Å². The van der Waals surface area contributed by atoms with E-state index in [1.807, 2.05) is 0 Å². The number of nitrogens with zero attached hydrogens (tertiary/aromatic N) is 4. The molecule has 11 heteroatoms. The maximum Gasteiger partial charge on any atom is 0.434 e. The van der Waals surface area contributed by atoms with E-state index in [4.69, 9.17) is 5.14 Å². The number of rotatable bonds is 3. The molecule has 0 amide bonds. The first-order chi connectivity index (χ1) is 11.7. The van der Waals surface area contributed by atoms with Gasteiger partial charge in [-0.15, -0.1) is 0 Å². The highest BCUT2D eigenvalue weighted by Gasteiger charge is 2.35. The van der Waals surface area contributed by atoms with Gasteiger partial charge in [0.2, 0.25) is 10.0 Å². The fraction of sp³-hybridized carbons (Fsp3) is 0.0714. The van der Waals surface area contributed by atoms with Crippen molar-refractivity contribution in [2.45, 2.75) is 11.1 Å². The SMILES string of the molecule is NS(=O)(=O)c1ccc(-n2cc(C(F)(F)F)nc2-c2cncnc2)cc1. The minimum atomic E-state index is -4.64. The number of benzene rings is 1. The Morgan fingerprint density at radius 2 is 1.64 bits per heavy atom. The minimum Gasteiger partial charge on any atom is -0.299 e. The molecule has 0 radical (unpaired) electrons. The summed E-state index contributed by atoms with van der Waals surface area (Å²) in [5.41, 5.74) is -0.551. The quantitative estimate of drug-likeness (QED) is 0.760. The largest absolute Gasteiger partial charge is 0.434 e. The Balaban J connectivity index is 2.16. The molecule has 7 nitrogen and oxygen atoms in total. The van der Waals surface area contributed by atoms with E-state index in [1.54, 1.807) is 0 Å². The van der Waals surface area contributed by atoms with E-state index in [9.17, 15) is 21.6 Å². The topological polar surface area (TPSA) is 104 Å². The Labute approximate surface area is 140 Å². The van der Waals surface area contributed by atoms with Crippen molar-refractivity contribution in [3.8, 4) is 17.1 Å². The highest BCUT2D eigenvalue weighted by molar-refractivity contribution is 7.89. The van der Waals surface area contributed by atoms with E-state index in [-0.39, 0.29) is 22.0 Å². The zero-order chi connectivity index (χ0) is 18.2. The summed E-state index contributed by atoms with van der Waals surface area (Å²) in [5.74, 6) is -0.0312. The molecule has 3 rings (SSSR count). The average Bonchev–Trinajstić information content (AvgIpc) is 3.00. The lowest BCUT2D eigenvalue weighted by Gasteiger charge is -2.08. The van der Waals surface area contributed by atoms with Gasteiger partial charge in [0.25, 0.3) is 0 Å². The summed E-state index contributed by atoms with van der Waals surface area (Å²) >= 11 is 0. The summed E-state index contributed by atoms with van der Waals surface area (Å²) in [6.07, 6.45) is 0.0577. The first-order valence-corrected chi connectivity index (χ1v) is 8.26. The van der Waals surface area contributed by atoms with Crippen LogP contribution >= 0.6 is 0 Å². The van der Waals surface area contributed by atoms with Crippen molar-refractivity contribution in [2.75, 3.05) is 0 Å². The Hall–Kier alpha value is -2.79. The molecular formula is C14H10F3N5O2S. The zero-order valence-electron chi connectivity index (χ0n) is 12.3. The molecular weight excluding hydrogens is 359 g/mol. The molecule has 25 heavy (non-hydrogen) atoms. The van der Waals surface area contributed by atoms with Gasteiger partial charge in [-0.05, 0) is 24.3 Å². The van der Waals surface area contributed by atoms with Gasteiger partial charge in [-0.25, -0.2) is 28.5 Å². The molecule has 3 aromatic rings. The van der Waals surface area contributed by atoms with Gasteiger partial charge in [-0.3, -0.25) is 4.57 Å². The maximum atomic E-state index is 13.0. The third kappa shape index (κ3) is 3.51. The molecule has 1 aromatic carbocycles. The molecule has 0 aliphatic heterocycles. The van der Waals surface area contributed by atoms with Crippen LogP contribution in [0.4, 0.5) is 13.2 Å². The summed E-state index contributed by atoms with van der Waals surface area (Å²) in [6.45, 7) is 0. The molecule has 0 saturated heterocycles. The van der Waals surface area contributed by atoms with Crippen LogP contribution in [0.15, 0.2) is 54.1 Å². The molecule has 2 heterocycles. The monoisotopic (exact) mass is 369 g/mol. The van der Waals surface area contributed by atoms with Gasteiger partial charge in [0.15, 0.2) is 5.69 Å². The zero-order valence-corrected chi connectivity index (χ0v) is 13.2. The van der Waals surface area contributed by atoms with Crippen LogP contribution < -0.4 is 5.14 Å². The molecule has 0 atom stereocenters. The van der Waals surface area contributed by atoms with E-state index in [0.29, 0.717) is 0 Å². The number of hydrogen-bond acceptors (Lipinski definition) is 5. The van der Waals surface area contributed by atoms with Gasteiger partial charge in [0, 0.05) is 24.3 Å². The van der Waals surface area contributed by atoms with Crippen LogP contribution in [0.5, 0.6) is 0 Å². The fourth-order valence-corrected chi connectivity index (χ4v) is 2.64. The standard InChI is InChI=1S/C14H10F3N5O2S/c15-14(16,17)12-7-22(13(21-12)9-5-19-8-20-6-9)10-1-3-11(4-2-10)25(18,23)24/h1-8H,(H2,18,23,24). The molecule has 0 aliphatic carbocycles. The van der Waals surface area contributed by atoms with Crippen molar-refractivity contribution in [3.63, 3.8) is 0 Å². The first kappa shape index (κ1) is 17.0. The van der Waals surface area contributed by atoms with Crippen molar-refractivity contribution in [2.24, 2.45) is 5.14 Å². The molecule has 2 N–H and O–H groups in total. The van der Waals surface area contributed by atoms with Gasteiger partial charge in [-0.1, -0.05) is 0 Å². The van der Waals surface area contributed by atoms with Crippen molar-refractivity contribution >= 4 is 10.0 Å². The lowest BCUT2D eigenvalue weighted by molar-refractivity contribution is -0.140. The minimum absolute atomic E-state index is 0.0312. The van der Waals surface area contributed by atoms with E-state index >= 15 is 0 Å². The number of primary sulfonamides is 1. The van der Waals surface area contributed by atoms with Crippen LogP contribution in [0.1, 0.15) is 5.69 Å². The van der Waals surface area contributed by atoms with Gasteiger partial charge in [0.05, 0.1) is 10.5 Å². The third-order valence-electron chi connectivity index (χ3n) is 3.26. The fourth-order valence-electron chi connectivity index (χ4n) is 2.13. The van der Waals surface area contributed by atoms with Gasteiger partial charge in [0.1, 0.15) is 12.2 Å². The normalized spacial score (nSPS) is 12.3. The maximum absolute atomic E-state index is 13.0. The van der Waals surface area contributed by atoms with E-state index in [0.717, 1.165) is 6.20 Å². The number of sulfonamides is 1. The Morgan fingerprint density at radius 3 is 2.16 bits per heavy atom. The molecule has 0 aliphatic rings. The molecule has 0 fully saturated rings. The first-order valence-electron chi connectivity index (χ1n) is 6.71. The average molecular weight is 369 g/mol. The summed E-state index contributed by atoms with van der Waals surface area (Å²) in [5, 5.41) is 5.02. The van der Waals surface area contributed by atoms with E-state index in [1.165, 1.54) is 47.6 Å². The summed E-state index contributed by atoms with van der Waals surface area (Å²) in [7, 11) is -3.91. The highest BCUT2D eigenvalue weighted by atomic mass is 32.2. The highest BCUT2D eigenvalue weighted by Crippen LogP contribution is 2.32. The second-order valence-electron chi connectivity index (χ2n) is 4.98. The van der Waals surface area contributed by atoms with Crippen molar-refractivity contribution in [3.05, 3.63) is 54.9 Å². The second-order valence-corrected chi connectivity index (χ2v) is 6.54.